The Bertz CT molecular complexity index is 888. The quantitative estimate of drug-likeness (QED) is 0.687. The van der Waals surface area contributed by atoms with Crippen LogP contribution in [0.4, 0.5) is 0 Å². The predicted molar refractivity (Wildman–Crippen MR) is 80.7 cm³/mol. The molecule has 0 aliphatic heterocycles. The number of ether oxygens (including phenoxy) is 1. The molecule has 3 aromatic rings. The van der Waals surface area contributed by atoms with Gasteiger partial charge in [0, 0.05) is 24.0 Å². The highest BCUT2D eigenvalue weighted by atomic mass is 16.5. The van der Waals surface area contributed by atoms with Crippen LogP contribution < -0.4 is 5.56 Å². The van der Waals surface area contributed by atoms with Crippen molar-refractivity contribution in [3.63, 3.8) is 0 Å². The molecular formula is C16H13N3O3. The molecule has 2 aromatic heterocycles. The van der Waals surface area contributed by atoms with Gasteiger partial charge in [0.05, 0.1) is 19.2 Å². The number of hydrogen-bond donors (Lipinski definition) is 0. The Kier molecular flexibility index (Phi) is 3.65. The number of methoxy groups -OCH3 is 1. The average Bonchev–Trinajstić information content (AvgIpc) is 2.57. The third-order valence-electron chi connectivity index (χ3n) is 3.33. The summed E-state index contributed by atoms with van der Waals surface area (Å²) in [7, 11) is 1.31. The minimum Gasteiger partial charge on any atom is -0.465 e. The lowest BCUT2D eigenvalue weighted by molar-refractivity contribution is 0.0601. The second kappa shape index (κ2) is 5.77. The van der Waals surface area contributed by atoms with Gasteiger partial charge in [-0.1, -0.05) is 6.07 Å². The van der Waals surface area contributed by atoms with Crippen molar-refractivity contribution in [1.29, 1.82) is 0 Å². The SMILES string of the molecule is COC(=O)c1ccc2ccn(Cc3ncccn3)c(=O)c2c1. The number of rotatable bonds is 3. The summed E-state index contributed by atoms with van der Waals surface area (Å²) in [5.41, 5.74) is 0.150. The van der Waals surface area contributed by atoms with E-state index in [0.717, 1.165) is 5.39 Å². The summed E-state index contributed by atoms with van der Waals surface area (Å²) in [6.07, 6.45) is 4.95. The molecule has 22 heavy (non-hydrogen) atoms. The van der Waals surface area contributed by atoms with Crippen LogP contribution in [0.1, 0.15) is 16.2 Å². The van der Waals surface area contributed by atoms with Crippen molar-refractivity contribution < 1.29 is 9.53 Å². The van der Waals surface area contributed by atoms with Crippen molar-refractivity contribution in [2.45, 2.75) is 6.54 Å². The van der Waals surface area contributed by atoms with E-state index in [1.807, 2.05) is 6.07 Å². The van der Waals surface area contributed by atoms with E-state index in [1.165, 1.54) is 11.7 Å². The number of hydrogen-bond acceptors (Lipinski definition) is 5. The largest absolute Gasteiger partial charge is 0.465 e. The van der Waals surface area contributed by atoms with Gasteiger partial charge >= 0.3 is 5.97 Å². The van der Waals surface area contributed by atoms with Gasteiger partial charge in [-0.15, -0.1) is 0 Å². The smallest absolute Gasteiger partial charge is 0.337 e. The van der Waals surface area contributed by atoms with Gasteiger partial charge in [-0.2, -0.15) is 0 Å². The number of fused-ring (bicyclic) bond motifs is 1. The molecule has 0 aliphatic carbocycles. The second-order valence-corrected chi connectivity index (χ2v) is 4.71. The van der Waals surface area contributed by atoms with E-state index in [-0.39, 0.29) is 12.1 Å². The van der Waals surface area contributed by atoms with E-state index >= 15 is 0 Å². The Morgan fingerprint density at radius 1 is 1.23 bits per heavy atom. The van der Waals surface area contributed by atoms with Gasteiger partial charge in [0.2, 0.25) is 0 Å². The molecule has 0 bridgehead atoms. The van der Waals surface area contributed by atoms with Crippen LogP contribution in [0.3, 0.4) is 0 Å². The van der Waals surface area contributed by atoms with E-state index in [1.54, 1.807) is 42.9 Å². The Balaban J connectivity index is 2.08. The van der Waals surface area contributed by atoms with E-state index < -0.39 is 5.97 Å². The lowest BCUT2D eigenvalue weighted by Crippen LogP contribution is -2.21. The minimum absolute atomic E-state index is 0.198. The molecular weight excluding hydrogens is 282 g/mol. The molecule has 0 atom stereocenters. The summed E-state index contributed by atoms with van der Waals surface area (Å²) in [5, 5.41) is 1.23. The molecule has 1 aromatic carbocycles. The molecule has 0 saturated carbocycles. The highest BCUT2D eigenvalue weighted by Crippen LogP contribution is 2.13. The van der Waals surface area contributed by atoms with Crippen LogP contribution in [-0.2, 0) is 11.3 Å². The summed E-state index contributed by atoms with van der Waals surface area (Å²) in [5.74, 6) is 0.0798. The van der Waals surface area contributed by atoms with Crippen LogP contribution in [0, 0.1) is 0 Å². The maximum atomic E-state index is 12.6. The van der Waals surface area contributed by atoms with Crippen molar-refractivity contribution in [1.82, 2.24) is 14.5 Å². The molecule has 2 heterocycles. The number of benzene rings is 1. The summed E-state index contributed by atoms with van der Waals surface area (Å²) in [6, 6.07) is 8.45. The molecule has 0 spiro atoms. The third-order valence-corrected chi connectivity index (χ3v) is 3.33. The summed E-state index contributed by atoms with van der Waals surface area (Å²) >= 11 is 0. The van der Waals surface area contributed by atoms with Gasteiger partial charge in [0.15, 0.2) is 0 Å². The molecule has 0 N–H and O–H groups in total. The normalized spacial score (nSPS) is 10.6. The fraction of sp³-hybridized carbons (Fsp3) is 0.125. The van der Waals surface area contributed by atoms with Gasteiger partial charge in [0.25, 0.3) is 5.56 Å². The number of esters is 1. The van der Waals surface area contributed by atoms with Crippen LogP contribution >= 0.6 is 0 Å². The Morgan fingerprint density at radius 2 is 2.00 bits per heavy atom. The van der Waals surface area contributed by atoms with Crippen LogP contribution in [-0.4, -0.2) is 27.6 Å². The topological polar surface area (TPSA) is 74.1 Å². The lowest BCUT2D eigenvalue weighted by Gasteiger charge is -2.07. The van der Waals surface area contributed by atoms with E-state index in [4.69, 9.17) is 0 Å². The van der Waals surface area contributed by atoms with Crippen LogP contribution in [0.5, 0.6) is 0 Å². The zero-order chi connectivity index (χ0) is 15.5. The van der Waals surface area contributed by atoms with Gasteiger partial charge in [-0.25, -0.2) is 14.8 Å². The predicted octanol–water partition coefficient (Wildman–Crippen LogP) is 1.63. The number of pyridine rings is 1. The van der Waals surface area contributed by atoms with E-state index in [2.05, 4.69) is 14.7 Å². The Hall–Kier alpha value is -3.02. The third kappa shape index (κ3) is 2.58. The van der Waals surface area contributed by atoms with Crippen LogP contribution in [0.15, 0.2) is 53.7 Å². The zero-order valence-electron chi connectivity index (χ0n) is 11.9. The van der Waals surface area contributed by atoms with Crippen molar-refractivity contribution in [3.8, 4) is 0 Å². The van der Waals surface area contributed by atoms with Crippen LogP contribution in [0.2, 0.25) is 0 Å². The van der Waals surface area contributed by atoms with Gasteiger partial charge in [0.1, 0.15) is 5.82 Å². The first-order chi connectivity index (χ1) is 10.7. The van der Waals surface area contributed by atoms with E-state index in [9.17, 15) is 9.59 Å². The maximum absolute atomic E-state index is 12.6. The first-order valence-corrected chi connectivity index (χ1v) is 6.66. The summed E-state index contributed by atoms with van der Waals surface area (Å²) < 4.78 is 6.20. The van der Waals surface area contributed by atoms with Crippen molar-refractivity contribution in [2.75, 3.05) is 7.11 Å². The molecule has 0 radical (unpaired) electrons. The molecule has 3 rings (SSSR count). The zero-order valence-corrected chi connectivity index (χ0v) is 11.9. The van der Waals surface area contributed by atoms with Crippen molar-refractivity contribution in [3.05, 3.63) is 70.7 Å². The van der Waals surface area contributed by atoms with E-state index in [0.29, 0.717) is 16.8 Å². The lowest BCUT2D eigenvalue weighted by atomic mass is 10.1. The van der Waals surface area contributed by atoms with Crippen molar-refractivity contribution in [2.24, 2.45) is 0 Å². The number of aromatic nitrogens is 3. The first-order valence-electron chi connectivity index (χ1n) is 6.66. The minimum atomic E-state index is -0.469. The molecule has 0 amide bonds. The fourth-order valence-corrected chi connectivity index (χ4v) is 2.21. The fourth-order valence-electron chi connectivity index (χ4n) is 2.21. The monoisotopic (exact) mass is 295 g/mol. The molecule has 6 heteroatoms. The second-order valence-electron chi connectivity index (χ2n) is 4.71. The first kappa shape index (κ1) is 13.9. The number of nitrogens with zero attached hydrogens (tertiary/aromatic N) is 3. The maximum Gasteiger partial charge on any atom is 0.337 e. The number of carbonyl (C=O) groups excluding carboxylic acids is 1. The Labute approximate surface area is 126 Å². The molecule has 0 aliphatic rings. The highest BCUT2D eigenvalue weighted by Gasteiger charge is 2.09. The summed E-state index contributed by atoms with van der Waals surface area (Å²) in [6.45, 7) is 0.276. The van der Waals surface area contributed by atoms with Gasteiger partial charge in [-0.3, -0.25) is 4.79 Å². The molecule has 0 fully saturated rings. The van der Waals surface area contributed by atoms with Gasteiger partial charge in [-0.05, 0) is 29.7 Å². The number of carbonyl (C=O) groups is 1. The van der Waals surface area contributed by atoms with Gasteiger partial charge < -0.3 is 9.30 Å². The summed E-state index contributed by atoms with van der Waals surface area (Å²) in [4.78, 5) is 32.4. The molecule has 6 nitrogen and oxygen atoms in total. The molecule has 110 valence electrons. The van der Waals surface area contributed by atoms with Crippen molar-refractivity contribution >= 4 is 16.7 Å². The van der Waals surface area contributed by atoms with Crippen LogP contribution in [0.25, 0.3) is 10.8 Å². The Morgan fingerprint density at radius 3 is 2.73 bits per heavy atom. The highest BCUT2D eigenvalue weighted by molar-refractivity contribution is 5.95. The average molecular weight is 295 g/mol. The standard InChI is InChI=1S/C16H13N3O3/c1-22-16(21)12-4-3-11-5-8-19(15(20)13(11)9-12)10-14-17-6-2-7-18-14/h2-9H,10H2,1H3. The molecule has 0 saturated heterocycles. The molecule has 0 unspecified atom stereocenters.